The van der Waals surface area contributed by atoms with Crippen molar-refractivity contribution in [2.45, 2.75) is 6.92 Å². The minimum absolute atomic E-state index is 0.360. The fraction of sp³-hybridized carbons (Fsp3) is 0.0714. The molecule has 3 nitrogen and oxygen atoms in total. The third-order valence-electron chi connectivity index (χ3n) is 2.87. The molecular formula is C14H10Cl2N2O. The molecule has 0 spiro atoms. The molecule has 3 aromatic rings. The van der Waals surface area contributed by atoms with Crippen molar-refractivity contribution in [3.05, 3.63) is 45.9 Å². The highest BCUT2D eigenvalue weighted by Crippen LogP contribution is 2.34. The molecule has 0 bridgehead atoms. The zero-order valence-corrected chi connectivity index (χ0v) is 11.6. The third kappa shape index (κ3) is 2.15. The van der Waals surface area contributed by atoms with E-state index in [1.54, 1.807) is 12.1 Å². The number of benzene rings is 2. The normalized spacial score (nSPS) is 11.1. The summed E-state index contributed by atoms with van der Waals surface area (Å²) in [5.41, 5.74) is 9.42. The number of rotatable bonds is 1. The highest BCUT2D eigenvalue weighted by molar-refractivity contribution is 6.39. The first-order chi connectivity index (χ1) is 9.04. The standard InChI is InChI=1S/C14H10Cl2N2O/c1-7-2-3-11-12(4-7)19-14(18-11)8-5-9(15)13(17)10(16)6-8/h2-6H,17H2,1H3. The summed E-state index contributed by atoms with van der Waals surface area (Å²) in [5.74, 6) is 0.476. The molecule has 3 rings (SSSR count). The Balaban J connectivity index is 2.19. The van der Waals surface area contributed by atoms with Crippen LogP contribution in [0, 0.1) is 6.92 Å². The maximum atomic E-state index is 6.01. The van der Waals surface area contributed by atoms with E-state index in [1.807, 2.05) is 25.1 Å². The van der Waals surface area contributed by atoms with Gasteiger partial charge in [-0.1, -0.05) is 29.3 Å². The molecule has 0 fully saturated rings. The lowest BCUT2D eigenvalue weighted by molar-refractivity contribution is 0.619. The van der Waals surface area contributed by atoms with Gasteiger partial charge in [0.15, 0.2) is 5.58 Å². The van der Waals surface area contributed by atoms with Gasteiger partial charge in [-0.2, -0.15) is 0 Å². The Bertz CT molecular complexity index is 757. The van der Waals surface area contributed by atoms with Crippen LogP contribution in [-0.2, 0) is 0 Å². The predicted molar refractivity (Wildman–Crippen MR) is 78.6 cm³/mol. The smallest absolute Gasteiger partial charge is 0.227 e. The topological polar surface area (TPSA) is 52.0 Å². The van der Waals surface area contributed by atoms with Crippen molar-refractivity contribution in [3.63, 3.8) is 0 Å². The number of hydrogen-bond acceptors (Lipinski definition) is 3. The van der Waals surface area contributed by atoms with Crippen LogP contribution in [0.25, 0.3) is 22.6 Å². The molecule has 0 atom stereocenters. The highest BCUT2D eigenvalue weighted by Gasteiger charge is 2.12. The summed E-state index contributed by atoms with van der Waals surface area (Å²) in [7, 11) is 0. The van der Waals surface area contributed by atoms with E-state index >= 15 is 0 Å². The first-order valence-electron chi connectivity index (χ1n) is 5.66. The fourth-order valence-corrected chi connectivity index (χ4v) is 2.35. The first-order valence-corrected chi connectivity index (χ1v) is 6.42. The molecule has 5 heteroatoms. The van der Waals surface area contributed by atoms with E-state index < -0.39 is 0 Å². The van der Waals surface area contributed by atoms with E-state index in [9.17, 15) is 0 Å². The van der Waals surface area contributed by atoms with Gasteiger partial charge in [-0.05, 0) is 36.8 Å². The summed E-state index contributed by atoms with van der Waals surface area (Å²) in [4.78, 5) is 4.41. The van der Waals surface area contributed by atoms with Crippen molar-refractivity contribution in [2.24, 2.45) is 0 Å². The summed E-state index contributed by atoms with van der Waals surface area (Å²) in [6.45, 7) is 2.00. The SMILES string of the molecule is Cc1ccc2nc(-c3cc(Cl)c(N)c(Cl)c3)oc2c1. The zero-order chi connectivity index (χ0) is 13.6. The Kier molecular flexibility index (Phi) is 2.88. The first kappa shape index (κ1) is 12.3. The number of oxazole rings is 1. The molecule has 0 aliphatic rings. The molecule has 0 aliphatic carbocycles. The van der Waals surface area contributed by atoms with E-state index in [0.717, 1.165) is 16.7 Å². The molecule has 2 aromatic carbocycles. The highest BCUT2D eigenvalue weighted by atomic mass is 35.5. The van der Waals surface area contributed by atoms with Crippen molar-refractivity contribution >= 4 is 40.0 Å². The maximum Gasteiger partial charge on any atom is 0.227 e. The van der Waals surface area contributed by atoms with Gasteiger partial charge in [-0.25, -0.2) is 4.98 Å². The number of fused-ring (bicyclic) bond motifs is 1. The quantitative estimate of drug-likeness (QED) is 0.662. The van der Waals surface area contributed by atoms with Crippen LogP contribution < -0.4 is 5.73 Å². The monoisotopic (exact) mass is 292 g/mol. The van der Waals surface area contributed by atoms with Crippen molar-refractivity contribution in [1.29, 1.82) is 0 Å². The summed E-state index contributed by atoms with van der Waals surface area (Å²) >= 11 is 12.0. The predicted octanol–water partition coefficient (Wildman–Crippen LogP) is 4.69. The number of halogens is 2. The van der Waals surface area contributed by atoms with Gasteiger partial charge in [-0.3, -0.25) is 0 Å². The minimum atomic E-state index is 0.360. The van der Waals surface area contributed by atoms with E-state index in [0.29, 0.717) is 27.2 Å². The fourth-order valence-electron chi connectivity index (χ4n) is 1.86. The van der Waals surface area contributed by atoms with Crippen LogP contribution in [0.15, 0.2) is 34.7 Å². The number of aryl methyl sites for hydroxylation is 1. The van der Waals surface area contributed by atoms with E-state index in [1.165, 1.54) is 0 Å². The van der Waals surface area contributed by atoms with Crippen LogP contribution in [0.4, 0.5) is 5.69 Å². The summed E-state index contributed by atoms with van der Waals surface area (Å²) in [6, 6.07) is 9.22. The lowest BCUT2D eigenvalue weighted by Gasteiger charge is -2.03. The molecule has 0 aliphatic heterocycles. The average molecular weight is 293 g/mol. The second-order valence-corrected chi connectivity index (χ2v) is 5.16. The summed E-state index contributed by atoms with van der Waals surface area (Å²) in [5, 5.41) is 0.780. The lowest BCUT2D eigenvalue weighted by Crippen LogP contribution is -1.89. The Morgan fingerprint density at radius 1 is 1.11 bits per heavy atom. The van der Waals surface area contributed by atoms with Crippen molar-refractivity contribution in [1.82, 2.24) is 4.98 Å². The van der Waals surface area contributed by atoms with E-state index in [-0.39, 0.29) is 0 Å². The van der Waals surface area contributed by atoms with Crippen LogP contribution in [0.1, 0.15) is 5.56 Å². The molecule has 96 valence electrons. The number of nitrogens with zero attached hydrogens (tertiary/aromatic N) is 1. The van der Waals surface area contributed by atoms with E-state index in [4.69, 9.17) is 33.4 Å². The van der Waals surface area contributed by atoms with Crippen LogP contribution in [0.5, 0.6) is 0 Å². The minimum Gasteiger partial charge on any atom is -0.436 e. The summed E-state index contributed by atoms with van der Waals surface area (Å²) < 4.78 is 5.72. The molecule has 1 aromatic heterocycles. The maximum absolute atomic E-state index is 6.01. The second-order valence-electron chi connectivity index (χ2n) is 4.34. The number of nitrogen functional groups attached to an aromatic ring is 1. The number of anilines is 1. The second kappa shape index (κ2) is 4.44. The van der Waals surface area contributed by atoms with Crippen molar-refractivity contribution < 1.29 is 4.42 Å². The molecule has 2 N–H and O–H groups in total. The van der Waals surface area contributed by atoms with Crippen LogP contribution in [0.3, 0.4) is 0 Å². The van der Waals surface area contributed by atoms with Gasteiger partial charge < -0.3 is 10.2 Å². The number of hydrogen-bond donors (Lipinski definition) is 1. The third-order valence-corrected chi connectivity index (χ3v) is 3.50. The Labute approximate surface area is 119 Å². The van der Waals surface area contributed by atoms with Gasteiger partial charge in [0.1, 0.15) is 5.52 Å². The van der Waals surface area contributed by atoms with E-state index in [2.05, 4.69) is 4.98 Å². The molecule has 0 saturated carbocycles. The molecule has 0 radical (unpaired) electrons. The van der Waals surface area contributed by atoms with Crippen LogP contribution in [-0.4, -0.2) is 4.98 Å². The molecule has 0 saturated heterocycles. The molecular weight excluding hydrogens is 283 g/mol. The Hall–Kier alpha value is -1.71. The lowest BCUT2D eigenvalue weighted by atomic mass is 10.2. The van der Waals surface area contributed by atoms with Crippen LogP contribution in [0.2, 0.25) is 10.0 Å². The average Bonchev–Trinajstić information content (AvgIpc) is 2.78. The van der Waals surface area contributed by atoms with Gasteiger partial charge in [0, 0.05) is 5.56 Å². The molecule has 0 amide bonds. The molecule has 1 heterocycles. The molecule has 19 heavy (non-hydrogen) atoms. The van der Waals surface area contributed by atoms with Crippen molar-refractivity contribution in [3.8, 4) is 11.5 Å². The number of nitrogens with two attached hydrogens (primary N) is 1. The number of aromatic nitrogens is 1. The molecule has 0 unspecified atom stereocenters. The van der Waals surface area contributed by atoms with Crippen LogP contribution >= 0.6 is 23.2 Å². The van der Waals surface area contributed by atoms with Gasteiger partial charge in [0.2, 0.25) is 5.89 Å². The van der Waals surface area contributed by atoms with Gasteiger partial charge in [0.25, 0.3) is 0 Å². The summed E-state index contributed by atoms with van der Waals surface area (Å²) in [6.07, 6.45) is 0. The Morgan fingerprint density at radius 3 is 2.47 bits per heavy atom. The zero-order valence-electron chi connectivity index (χ0n) is 10.1. The Morgan fingerprint density at radius 2 is 1.79 bits per heavy atom. The van der Waals surface area contributed by atoms with Gasteiger partial charge >= 0.3 is 0 Å². The van der Waals surface area contributed by atoms with Gasteiger partial charge in [0.05, 0.1) is 15.7 Å². The largest absolute Gasteiger partial charge is 0.436 e. The van der Waals surface area contributed by atoms with Crippen molar-refractivity contribution in [2.75, 3.05) is 5.73 Å². The van der Waals surface area contributed by atoms with Gasteiger partial charge in [-0.15, -0.1) is 0 Å².